The lowest BCUT2D eigenvalue weighted by molar-refractivity contribution is -0.101. The van der Waals surface area contributed by atoms with Crippen molar-refractivity contribution < 1.29 is 9.90 Å². The highest BCUT2D eigenvalue weighted by atomic mass is 16.3. The van der Waals surface area contributed by atoms with Crippen molar-refractivity contribution in [2.24, 2.45) is 5.92 Å². The van der Waals surface area contributed by atoms with Crippen molar-refractivity contribution >= 4 is 16.8 Å². The fraction of sp³-hybridized carbons (Fsp3) is 0.382. The molecule has 2 saturated heterocycles. The minimum atomic E-state index is -0.522. The first-order valence-electron chi connectivity index (χ1n) is 14.9. The molecule has 3 unspecified atom stereocenters. The van der Waals surface area contributed by atoms with Gasteiger partial charge >= 0.3 is 0 Å². The highest BCUT2D eigenvalue weighted by Crippen LogP contribution is 2.57. The van der Waals surface area contributed by atoms with Crippen LogP contribution in [0.4, 0.5) is 0 Å². The molecule has 4 aliphatic rings. The Kier molecular flexibility index (Phi) is 6.42. The van der Waals surface area contributed by atoms with Gasteiger partial charge in [0.25, 0.3) is 11.5 Å². The molecule has 7 heteroatoms. The van der Waals surface area contributed by atoms with Gasteiger partial charge in [0, 0.05) is 23.7 Å². The molecular weight excluding hydrogens is 512 g/mol. The molecule has 4 heterocycles. The Morgan fingerprint density at radius 1 is 1.00 bits per heavy atom. The zero-order chi connectivity index (χ0) is 28.1. The second-order valence-corrected chi connectivity index (χ2v) is 12.2. The van der Waals surface area contributed by atoms with Crippen molar-refractivity contribution in [3.8, 4) is 5.75 Å². The number of nitrogens with zero attached hydrogens (tertiary/aromatic N) is 3. The van der Waals surface area contributed by atoms with Crippen LogP contribution in [0.25, 0.3) is 10.9 Å². The lowest BCUT2D eigenvalue weighted by atomic mass is 9.53. The van der Waals surface area contributed by atoms with Gasteiger partial charge < -0.3 is 15.0 Å². The average Bonchev–Trinajstić information content (AvgIpc) is 2.99. The first kappa shape index (κ1) is 26.0. The summed E-state index contributed by atoms with van der Waals surface area (Å²) in [4.78, 5) is 34.6. The molecule has 0 radical (unpaired) electrons. The SMILES string of the molecule is CCC(NC(=O)c1c(O)c2ccccc2n(Cc2ccccn2)c1=O)N1C2CC3CC1CC(c1ccccc1)(C3)C2. The van der Waals surface area contributed by atoms with E-state index in [0.717, 1.165) is 32.1 Å². The summed E-state index contributed by atoms with van der Waals surface area (Å²) in [5.41, 5.74) is 2.22. The minimum Gasteiger partial charge on any atom is -0.506 e. The van der Waals surface area contributed by atoms with E-state index in [4.69, 9.17) is 0 Å². The molecule has 0 spiro atoms. The number of aromatic hydroxyl groups is 1. The predicted molar refractivity (Wildman–Crippen MR) is 159 cm³/mol. The second kappa shape index (κ2) is 10.1. The Balaban J connectivity index is 1.20. The molecule has 4 bridgehead atoms. The Morgan fingerprint density at radius 2 is 1.71 bits per heavy atom. The summed E-state index contributed by atoms with van der Waals surface area (Å²) in [5, 5.41) is 14.9. The zero-order valence-corrected chi connectivity index (χ0v) is 23.4. The maximum absolute atomic E-state index is 13.9. The maximum Gasteiger partial charge on any atom is 0.268 e. The van der Waals surface area contributed by atoms with Crippen molar-refractivity contribution in [2.75, 3.05) is 0 Å². The van der Waals surface area contributed by atoms with Gasteiger partial charge in [0.05, 0.1) is 23.9 Å². The van der Waals surface area contributed by atoms with E-state index < -0.39 is 11.5 Å². The molecule has 7 nitrogen and oxygen atoms in total. The second-order valence-electron chi connectivity index (χ2n) is 12.2. The Morgan fingerprint density at radius 3 is 2.41 bits per heavy atom. The van der Waals surface area contributed by atoms with Gasteiger partial charge in [-0.1, -0.05) is 55.5 Å². The molecule has 3 atom stereocenters. The average molecular weight is 549 g/mol. The van der Waals surface area contributed by atoms with Crippen LogP contribution in [0.2, 0.25) is 0 Å². The number of rotatable bonds is 7. The van der Waals surface area contributed by atoms with Gasteiger partial charge in [-0.05, 0) is 79.7 Å². The maximum atomic E-state index is 13.9. The topological polar surface area (TPSA) is 87.5 Å². The number of hydrogen-bond acceptors (Lipinski definition) is 5. The molecule has 41 heavy (non-hydrogen) atoms. The number of fused-ring (bicyclic) bond motifs is 1. The lowest BCUT2D eigenvalue weighted by Gasteiger charge is -2.63. The first-order chi connectivity index (χ1) is 20.0. The number of para-hydroxylation sites is 1. The molecule has 2 aromatic carbocycles. The monoisotopic (exact) mass is 548 g/mol. The Labute approximate surface area is 239 Å². The molecule has 4 fully saturated rings. The van der Waals surface area contributed by atoms with Crippen molar-refractivity contribution in [2.45, 2.75) is 75.7 Å². The summed E-state index contributed by atoms with van der Waals surface area (Å²) in [6.45, 7) is 2.29. The number of benzene rings is 2. The van der Waals surface area contributed by atoms with Gasteiger partial charge in [-0.25, -0.2) is 0 Å². The molecule has 210 valence electrons. The zero-order valence-electron chi connectivity index (χ0n) is 23.4. The summed E-state index contributed by atoms with van der Waals surface area (Å²) in [7, 11) is 0. The van der Waals surface area contributed by atoms with Gasteiger partial charge in [-0.15, -0.1) is 0 Å². The molecule has 8 rings (SSSR count). The van der Waals surface area contributed by atoms with Crippen LogP contribution in [0.15, 0.2) is 83.8 Å². The number of pyridine rings is 2. The third-order valence-corrected chi connectivity index (χ3v) is 9.84. The molecule has 2 aliphatic carbocycles. The molecule has 2 N–H and O–H groups in total. The molecular formula is C34H36N4O3. The Hall–Kier alpha value is -3.97. The van der Waals surface area contributed by atoms with Crippen molar-refractivity contribution in [1.29, 1.82) is 0 Å². The number of aromatic nitrogens is 2. The first-order valence-corrected chi connectivity index (χ1v) is 14.9. The van der Waals surface area contributed by atoms with E-state index >= 15 is 0 Å². The molecule has 4 aromatic rings. The van der Waals surface area contributed by atoms with E-state index in [2.05, 4.69) is 52.5 Å². The van der Waals surface area contributed by atoms with Crippen LogP contribution in [0.1, 0.15) is 67.1 Å². The van der Waals surface area contributed by atoms with Crippen LogP contribution in [0, 0.1) is 5.92 Å². The number of carbonyl (C=O) groups excluding carboxylic acids is 1. The minimum absolute atomic E-state index is 0.205. The van der Waals surface area contributed by atoms with E-state index in [9.17, 15) is 14.7 Å². The standard InChI is InChI=1S/C34H36N4O3/c1-2-29(38-25-16-22-17-26(38)20-34(18-22,19-25)23-10-4-3-5-11-23)36-32(40)30-31(39)27-13-6-7-14-28(27)37(33(30)41)21-24-12-8-9-15-35-24/h3-15,22,25-26,29,39H,2,16-21H2,1H3,(H,36,40). The van der Waals surface area contributed by atoms with Gasteiger partial charge in [0.1, 0.15) is 11.3 Å². The largest absolute Gasteiger partial charge is 0.506 e. The van der Waals surface area contributed by atoms with Gasteiger partial charge in [0.15, 0.2) is 0 Å². The van der Waals surface area contributed by atoms with Crippen LogP contribution in [0.3, 0.4) is 0 Å². The highest BCUT2D eigenvalue weighted by Gasteiger charge is 2.56. The van der Waals surface area contributed by atoms with E-state index in [-0.39, 0.29) is 29.4 Å². The fourth-order valence-corrected chi connectivity index (χ4v) is 8.33. The molecule has 2 aliphatic heterocycles. The van der Waals surface area contributed by atoms with Crippen LogP contribution in [0.5, 0.6) is 5.75 Å². The summed E-state index contributed by atoms with van der Waals surface area (Å²) >= 11 is 0. The van der Waals surface area contributed by atoms with Crippen molar-refractivity contribution in [1.82, 2.24) is 19.8 Å². The van der Waals surface area contributed by atoms with E-state index in [0.29, 0.717) is 34.6 Å². The van der Waals surface area contributed by atoms with Gasteiger partial charge in [-0.2, -0.15) is 0 Å². The smallest absolute Gasteiger partial charge is 0.268 e. The predicted octanol–water partition coefficient (Wildman–Crippen LogP) is 5.20. The van der Waals surface area contributed by atoms with Crippen LogP contribution in [-0.4, -0.2) is 43.7 Å². The lowest BCUT2D eigenvalue weighted by Crippen LogP contribution is -2.68. The molecule has 1 amide bonds. The van der Waals surface area contributed by atoms with Crippen LogP contribution >= 0.6 is 0 Å². The summed E-state index contributed by atoms with van der Waals surface area (Å²) < 4.78 is 1.54. The molecule has 2 aromatic heterocycles. The van der Waals surface area contributed by atoms with Gasteiger partial charge in [-0.3, -0.25) is 19.5 Å². The van der Waals surface area contributed by atoms with Gasteiger partial charge in [0.2, 0.25) is 0 Å². The van der Waals surface area contributed by atoms with Crippen molar-refractivity contribution in [3.05, 3.63) is 106 Å². The van der Waals surface area contributed by atoms with E-state index in [1.54, 1.807) is 29.0 Å². The molecule has 2 saturated carbocycles. The number of carbonyl (C=O) groups is 1. The summed E-state index contributed by atoms with van der Waals surface area (Å²) in [6.07, 6.45) is 7.93. The third kappa shape index (κ3) is 4.34. The summed E-state index contributed by atoms with van der Waals surface area (Å²) in [6, 6.07) is 24.4. The fourth-order valence-electron chi connectivity index (χ4n) is 8.33. The summed E-state index contributed by atoms with van der Waals surface area (Å²) in [5.74, 6) is -0.0784. The number of piperidine rings is 2. The van der Waals surface area contributed by atoms with Crippen LogP contribution in [-0.2, 0) is 12.0 Å². The van der Waals surface area contributed by atoms with E-state index in [1.807, 2.05) is 24.3 Å². The number of amides is 1. The van der Waals surface area contributed by atoms with Crippen molar-refractivity contribution in [3.63, 3.8) is 0 Å². The number of nitrogens with one attached hydrogen (secondary N) is 1. The highest BCUT2D eigenvalue weighted by molar-refractivity contribution is 6.02. The normalized spacial score (nSPS) is 25.8. The Bertz CT molecular complexity index is 1640. The quantitative estimate of drug-likeness (QED) is 0.332. The van der Waals surface area contributed by atoms with E-state index in [1.165, 1.54) is 12.0 Å². The van der Waals surface area contributed by atoms with Crippen LogP contribution < -0.4 is 10.9 Å². The third-order valence-electron chi connectivity index (χ3n) is 9.84. The number of hydrogen-bond donors (Lipinski definition) is 2.